The van der Waals surface area contributed by atoms with E-state index in [0.717, 1.165) is 5.56 Å². The van der Waals surface area contributed by atoms with Crippen molar-refractivity contribution in [1.82, 2.24) is 15.3 Å². The van der Waals surface area contributed by atoms with Crippen LogP contribution in [0.15, 0.2) is 60.8 Å². The van der Waals surface area contributed by atoms with Gasteiger partial charge in [-0.3, -0.25) is 10.3 Å². The maximum atomic E-state index is 11.8. The van der Waals surface area contributed by atoms with Gasteiger partial charge in [0.25, 0.3) is 0 Å². The molecule has 1 heterocycles. The van der Waals surface area contributed by atoms with Gasteiger partial charge in [-0.25, -0.2) is 14.6 Å². The summed E-state index contributed by atoms with van der Waals surface area (Å²) < 4.78 is 9.66. The number of rotatable bonds is 6. The number of anilines is 1. The van der Waals surface area contributed by atoms with Gasteiger partial charge in [0.05, 0.1) is 13.3 Å². The number of methoxy groups -OCH3 is 1. The number of esters is 1. The van der Waals surface area contributed by atoms with Gasteiger partial charge in [-0.05, 0) is 5.56 Å². The maximum absolute atomic E-state index is 11.8. The highest BCUT2D eigenvalue weighted by molar-refractivity contribution is 5.92. The van der Waals surface area contributed by atoms with Crippen LogP contribution in [0.2, 0.25) is 0 Å². The van der Waals surface area contributed by atoms with Crippen molar-refractivity contribution >= 4 is 17.9 Å². The van der Waals surface area contributed by atoms with Crippen LogP contribution >= 0.6 is 0 Å². The third-order valence-corrected chi connectivity index (χ3v) is 2.78. The molecule has 0 aliphatic carbocycles. The molecular formula is C16H16N4O4. The zero-order chi connectivity index (χ0) is 17.2. The molecule has 2 rings (SSSR count). The van der Waals surface area contributed by atoms with E-state index in [1.54, 1.807) is 0 Å². The number of amides is 1. The maximum Gasteiger partial charge on any atom is 0.412 e. The van der Waals surface area contributed by atoms with Crippen LogP contribution in [0.25, 0.3) is 0 Å². The molecule has 0 aliphatic heterocycles. The Bertz CT molecular complexity index is 705. The van der Waals surface area contributed by atoms with Crippen molar-refractivity contribution in [1.29, 1.82) is 0 Å². The van der Waals surface area contributed by atoms with Gasteiger partial charge in [0, 0.05) is 18.6 Å². The lowest BCUT2D eigenvalue weighted by atomic mass is 10.2. The molecule has 0 saturated heterocycles. The van der Waals surface area contributed by atoms with Crippen LogP contribution in [0, 0.1) is 0 Å². The Kier molecular flexibility index (Phi) is 6.27. The second kappa shape index (κ2) is 8.89. The first kappa shape index (κ1) is 16.9. The molecule has 2 aromatic rings. The largest absolute Gasteiger partial charge is 0.464 e. The molecule has 0 unspecified atom stereocenters. The van der Waals surface area contributed by atoms with E-state index in [4.69, 9.17) is 4.74 Å². The fourth-order valence-electron chi connectivity index (χ4n) is 1.64. The van der Waals surface area contributed by atoms with E-state index in [9.17, 15) is 9.59 Å². The predicted molar refractivity (Wildman–Crippen MR) is 85.5 cm³/mol. The zero-order valence-corrected chi connectivity index (χ0v) is 12.9. The molecule has 0 aliphatic rings. The minimum Gasteiger partial charge on any atom is -0.464 e. The molecular weight excluding hydrogens is 312 g/mol. The molecule has 0 atom stereocenters. The Hall–Kier alpha value is -3.42. The third-order valence-electron chi connectivity index (χ3n) is 2.78. The zero-order valence-electron chi connectivity index (χ0n) is 12.9. The number of carbonyl (C=O) groups is 2. The van der Waals surface area contributed by atoms with Crippen LogP contribution in [-0.4, -0.2) is 29.1 Å². The Balaban J connectivity index is 1.95. The van der Waals surface area contributed by atoms with E-state index in [0.29, 0.717) is 5.82 Å². The summed E-state index contributed by atoms with van der Waals surface area (Å²) in [4.78, 5) is 31.4. The van der Waals surface area contributed by atoms with Crippen LogP contribution in [-0.2, 0) is 20.9 Å². The molecule has 0 bridgehead atoms. The normalized spacial score (nSPS) is 10.6. The van der Waals surface area contributed by atoms with E-state index in [1.807, 2.05) is 30.3 Å². The summed E-state index contributed by atoms with van der Waals surface area (Å²) >= 11 is 0. The lowest BCUT2D eigenvalue weighted by molar-refractivity contribution is -0.136. The molecule has 1 aromatic heterocycles. The van der Waals surface area contributed by atoms with Crippen molar-refractivity contribution in [2.24, 2.45) is 0 Å². The SMILES string of the molecule is COC(=O)/C(=C\Nc1cnccn1)NC(=O)OCc1ccccc1. The van der Waals surface area contributed by atoms with Crippen molar-refractivity contribution in [3.8, 4) is 0 Å². The van der Waals surface area contributed by atoms with E-state index in [-0.39, 0.29) is 12.3 Å². The smallest absolute Gasteiger partial charge is 0.412 e. The summed E-state index contributed by atoms with van der Waals surface area (Å²) in [6.45, 7) is 0.0821. The Labute approximate surface area is 138 Å². The highest BCUT2D eigenvalue weighted by atomic mass is 16.6. The Morgan fingerprint density at radius 2 is 2.00 bits per heavy atom. The summed E-state index contributed by atoms with van der Waals surface area (Å²) in [7, 11) is 1.20. The highest BCUT2D eigenvalue weighted by Gasteiger charge is 2.14. The molecule has 0 spiro atoms. The number of ether oxygens (including phenoxy) is 2. The minimum absolute atomic E-state index is 0.0821. The minimum atomic E-state index is -0.781. The molecule has 1 aromatic carbocycles. The number of aromatic nitrogens is 2. The summed E-state index contributed by atoms with van der Waals surface area (Å²) in [6.07, 6.45) is 4.92. The van der Waals surface area contributed by atoms with Crippen LogP contribution < -0.4 is 10.6 Å². The fraction of sp³-hybridized carbons (Fsp3) is 0.125. The van der Waals surface area contributed by atoms with Crippen molar-refractivity contribution in [2.75, 3.05) is 12.4 Å². The van der Waals surface area contributed by atoms with E-state index >= 15 is 0 Å². The number of carbonyl (C=O) groups excluding carboxylic acids is 2. The average molecular weight is 328 g/mol. The van der Waals surface area contributed by atoms with Gasteiger partial charge in [0.15, 0.2) is 0 Å². The molecule has 8 heteroatoms. The molecule has 8 nitrogen and oxygen atoms in total. The van der Waals surface area contributed by atoms with Crippen LogP contribution in [0.1, 0.15) is 5.56 Å². The van der Waals surface area contributed by atoms with Gasteiger partial charge in [-0.1, -0.05) is 30.3 Å². The first-order valence-corrected chi connectivity index (χ1v) is 6.98. The summed E-state index contributed by atoms with van der Waals surface area (Å²) in [5.41, 5.74) is 0.704. The quantitative estimate of drug-likeness (QED) is 0.616. The first-order chi connectivity index (χ1) is 11.7. The van der Waals surface area contributed by atoms with Crippen molar-refractivity contribution in [3.63, 3.8) is 0 Å². The number of hydrogen-bond donors (Lipinski definition) is 2. The van der Waals surface area contributed by atoms with Crippen molar-refractivity contribution in [3.05, 3.63) is 66.4 Å². The van der Waals surface area contributed by atoms with Crippen molar-refractivity contribution in [2.45, 2.75) is 6.61 Å². The second-order valence-electron chi connectivity index (χ2n) is 4.47. The molecule has 0 saturated carbocycles. The van der Waals surface area contributed by atoms with E-state index < -0.39 is 12.1 Å². The van der Waals surface area contributed by atoms with Gasteiger partial charge < -0.3 is 14.8 Å². The molecule has 2 N–H and O–H groups in total. The third kappa shape index (κ3) is 5.41. The van der Waals surface area contributed by atoms with Gasteiger partial charge in [0.1, 0.15) is 18.1 Å². The molecule has 1 amide bonds. The topological polar surface area (TPSA) is 102 Å². The predicted octanol–water partition coefficient (Wildman–Crippen LogP) is 1.83. The first-order valence-electron chi connectivity index (χ1n) is 6.98. The van der Waals surface area contributed by atoms with Gasteiger partial charge in [0.2, 0.25) is 0 Å². The fourth-order valence-corrected chi connectivity index (χ4v) is 1.64. The second-order valence-corrected chi connectivity index (χ2v) is 4.47. The molecule has 0 radical (unpaired) electrons. The van der Waals surface area contributed by atoms with Crippen LogP contribution in [0.5, 0.6) is 0 Å². The summed E-state index contributed by atoms with van der Waals surface area (Å²) in [5, 5.41) is 5.06. The Morgan fingerprint density at radius 3 is 2.67 bits per heavy atom. The van der Waals surface area contributed by atoms with Crippen molar-refractivity contribution < 1.29 is 19.1 Å². The van der Waals surface area contributed by atoms with Crippen LogP contribution in [0.4, 0.5) is 10.6 Å². The van der Waals surface area contributed by atoms with E-state index in [2.05, 4.69) is 25.3 Å². The van der Waals surface area contributed by atoms with E-state index in [1.165, 1.54) is 31.9 Å². The lowest BCUT2D eigenvalue weighted by Gasteiger charge is -2.09. The standard InChI is InChI=1S/C16H16N4O4/c1-23-15(21)13(9-19-14-10-17-7-8-18-14)20-16(22)24-11-12-5-3-2-4-6-12/h2-10H,11H2,1H3,(H,18,19)(H,20,22)/b13-9+. The highest BCUT2D eigenvalue weighted by Crippen LogP contribution is 2.03. The summed E-state index contributed by atoms with van der Waals surface area (Å²) in [5.74, 6) is -0.332. The van der Waals surface area contributed by atoms with Gasteiger partial charge >= 0.3 is 12.1 Å². The summed E-state index contributed by atoms with van der Waals surface area (Å²) in [6, 6.07) is 9.17. The number of benzene rings is 1. The van der Waals surface area contributed by atoms with Gasteiger partial charge in [-0.2, -0.15) is 0 Å². The lowest BCUT2D eigenvalue weighted by Crippen LogP contribution is -2.29. The number of nitrogens with one attached hydrogen (secondary N) is 2. The monoisotopic (exact) mass is 328 g/mol. The number of alkyl carbamates (subject to hydrolysis) is 1. The van der Waals surface area contributed by atoms with Crippen LogP contribution in [0.3, 0.4) is 0 Å². The number of hydrogen-bond acceptors (Lipinski definition) is 7. The molecule has 24 heavy (non-hydrogen) atoms. The average Bonchev–Trinajstić information content (AvgIpc) is 2.64. The van der Waals surface area contributed by atoms with Gasteiger partial charge in [-0.15, -0.1) is 0 Å². The molecule has 124 valence electrons. The molecule has 0 fully saturated rings. The number of nitrogens with zero attached hydrogens (tertiary/aromatic N) is 2. The Morgan fingerprint density at radius 1 is 1.21 bits per heavy atom.